The lowest BCUT2D eigenvalue weighted by molar-refractivity contribution is -0.142. The van der Waals surface area contributed by atoms with E-state index < -0.39 is 23.7 Å². The highest BCUT2D eigenvalue weighted by Gasteiger charge is 2.26. The molecule has 0 spiro atoms. The monoisotopic (exact) mass is 303 g/mol. The Morgan fingerprint density at radius 1 is 1.47 bits per heavy atom. The van der Waals surface area contributed by atoms with Crippen molar-refractivity contribution in [2.45, 2.75) is 6.04 Å². The first-order valence-electron chi connectivity index (χ1n) is 4.48. The first kappa shape index (κ1) is 13.5. The summed E-state index contributed by atoms with van der Waals surface area (Å²) in [5, 5.41) is 18.6. The summed E-state index contributed by atoms with van der Waals surface area (Å²) in [4.78, 5) is 22.1. The number of hydrogen-bond acceptors (Lipinski definition) is 5. The number of benzene rings is 1. The minimum Gasteiger partial charge on any atom is -0.507 e. The second kappa shape index (κ2) is 5.15. The van der Waals surface area contributed by atoms with Gasteiger partial charge in [0.15, 0.2) is 0 Å². The molecule has 0 saturated carbocycles. The van der Waals surface area contributed by atoms with E-state index in [-0.39, 0.29) is 11.1 Å². The minimum absolute atomic E-state index is 0.0169. The van der Waals surface area contributed by atoms with E-state index in [9.17, 15) is 14.7 Å². The Morgan fingerprint density at radius 2 is 2.06 bits per heavy atom. The van der Waals surface area contributed by atoms with Crippen LogP contribution in [0.15, 0.2) is 16.6 Å². The minimum atomic E-state index is -1.31. The molecule has 0 heterocycles. The van der Waals surface area contributed by atoms with Crippen LogP contribution in [-0.2, 0) is 9.53 Å². The number of carbonyl (C=O) groups is 2. The molecule has 6 nitrogen and oxygen atoms in total. The smallest absolute Gasteiger partial charge is 0.339 e. The Hall–Kier alpha value is -1.60. The zero-order valence-electron chi connectivity index (χ0n) is 8.81. The third-order valence-corrected chi connectivity index (χ3v) is 2.85. The van der Waals surface area contributed by atoms with E-state index in [2.05, 4.69) is 20.7 Å². The van der Waals surface area contributed by atoms with Crippen LogP contribution in [0.1, 0.15) is 22.0 Å². The summed E-state index contributed by atoms with van der Waals surface area (Å²) in [6.07, 6.45) is 0. The molecule has 92 valence electrons. The lowest BCUT2D eigenvalue weighted by atomic mass is 10.0. The number of phenols is 1. The van der Waals surface area contributed by atoms with E-state index in [1.54, 1.807) is 0 Å². The van der Waals surface area contributed by atoms with Gasteiger partial charge in [-0.25, -0.2) is 4.79 Å². The maximum atomic E-state index is 11.3. The molecule has 0 aromatic heterocycles. The Balaban J connectivity index is 3.36. The van der Waals surface area contributed by atoms with E-state index in [0.29, 0.717) is 4.47 Å². The van der Waals surface area contributed by atoms with E-state index in [1.807, 2.05) is 0 Å². The van der Waals surface area contributed by atoms with Gasteiger partial charge in [0.2, 0.25) is 0 Å². The number of esters is 1. The maximum Gasteiger partial charge on any atom is 0.339 e. The van der Waals surface area contributed by atoms with Gasteiger partial charge in [-0.1, -0.05) is 15.9 Å². The highest BCUT2D eigenvalue weighted by Crippen LogP contribution is 2.34. The molecule has 7 heteroatoms. The second-order valence-electron chi connectivity index (χ2n) is 3.16. The zero-order valence-corrected chi connectivity index (χ0v) is 10.4. The van der Waals surface area contributed by atoms with Crippen LogP contribution in [0.25, 0.3) is 0 Å². The van der Waals surface area contributed by atoms with E-state index in [4.69, 9.17) is 10.8 Å². The molecule has 0 unspecified atom stereocenters. The average Bonchev–Trinajstić information content (AvgIpc) is 2.27. The van der Waals surface area contributed by atoms with Crippen molar-refractivity contribution >= 4 is 27.9 Å². The molecule has 0 bridgehead atoms. The molecule has 1 aromatic rings. The van der Waals surface area contributed by atoms with Crippen LogP contribution >= 0.6 is 15.9 Å². The summed E-state index contributed by atoms with van der Waals surface area (Å²) in [6.45, 7) is 0. The summed E-state index contributed by atoms with van der Waals surface area (Å²) in [5.41, 5.74) is 5.21. The number of nitrogens with two attached hydrogens (primary N) is 1. The molecule has 0 aliphatic rings. The van der Waals surface area contributed by atoms with Crippen LogP contribution in [0, 0.1) is 0 Å². The van der Waals surface area contributed by atoms with Crippen LogP contribution in [0.3, 0.4) is 0 Å². The molecule has 0 fully saturated rings. The van der Waals surface area contributed by atoms with Crippen molar-refractivity contribution in [1.82, 2.24) is 0 Å². The van der Waals surface area contributed by atoms with Crippen molar-refractivity contribution in [2.75, 3.05) is 7.11 Å². The number of halogens is 1. The number of carboxylic acid groups (broad SMARTS) is 1. The molecular formula is C10H10BrNO5. The normalized spacial score (nSPS) is 11.9. The summed E-state index contributed by atoms with van der Waals surface area (Å²) in [7, 11) is 1.15. The predicted octanol–water partition coefficient (Wildman–Crippen LogP) is 1.03. The molecule has 0 radical (unpaired) electrons. The van der Waals surface area contributed by atoms with E-state index >= 15 is 0 Å². The van der Waals surface area contributed by atoms with Gasteiger partial charge in [-0.2, -0.15) is 0 Å². The first-order valence-corrected chi connectivity index (χ1v) is 5.27. The number of aromatic hydroxyl groups is 1. The largest absolute Gasteiger partial charge is 0.507 e. The Bertz CT molecular complexity index is 474. The van der Waals surface area contributed by atoms with Gasteiger partial charge in [0, 0.05) is 10.0 Å². The lowest BCUT2D eigenvalue weighted by Gasteiger charge is -2.14. The Labute approximate surface area is 105 Å². The van der Waals surface area contributed by atoms with Gasteiger partial charge in [-0.3, -0.25) is 4.79 Å². The molecule has 17 heavy (non-hydrogen) atoms. The highest BCUT2D eigenvalue weighted by atomic mass is 79.9. The van der Waals surface area contributed by atoms with Gasteiger partial charge in [-0.15, -0.1) is 0 Å². The third kappa shape index (κ3) is 2.56. The van der Waals surface area contributed by atoms with Crippen molar-refractivity contribution in [3.63, 3.8) is 0 Å². The fourth-order valence-corrected chi connectivity index (χ4v) is 1.86. The van der Waals surface area contributed by atoms with Crippen LogP contribution in [0.4, 0.5) is 0 Å². The molecular weight excluding hydrogens is 294 g/mol. The first-order chi connectivity index (χ1) is 7.90. The number of hydrogen-bond donors (Lipinski definition) is 3. The summed E-state index contributed by atoms with van der Waals surface area (Å²) >= 11 is 3.09. The van der Waals surface area contributed by atoms with Crippen molar-refractivity contribution in [1.29, 1.82) is 0 Å². The number of rotatable bonds is 3. The number of carbonyl (C=O) groups excluding carboxylic acids is 1. The average molecular weight is 304 g/mol. The lowest BCUT2D eigenvalue weighted by Crippen LogP contribution is -2.23. The van der Waals surface area contributed by atoms with Gasteiger partial charge in [0.1, 0.15) is 17.4 Å². The summed E-state index contributed by atoms with van der Waals surface area (Å²) < 4.78 is 4.76. The molecule has 1 aromatic carbocycles. The number of aromatic carboxylic acids is 1. The van der Waals surface area contributed by atoms with Crippen LogP contribution in [0.2, 0.25) is 0 Å². The van der Waals surface area contributed by atoms with Crippen LogP contribution in [0.5, 0.6) is 5.75 Å². The Morgan fingerprint density at radius 3 is 2.53 bits per heavy atom. The van der Waals surface area contributed by atoms with Gasteiger partial charge in [0.25, 0.3) is 0 Å². The molecule has 0 amide bonds. The van der Waals surface area contributed by atoms with Crippen molar-refractivity contribution in [3.8, 4) is 5.75 Å². The van der Waals surface area contributed by atoms with Crippen LogP contribution < -0.4 is 5.73 Å². The van der Waals surface area contributed by atoms with E-state index in [1.165, 1.54) is 12.1 Å². The fourth-order valence-electron chi connectivity index (χ4n) is 1.30. The number of methoxy groups -OCH3 is 1. The molecule has 4 N–H and O–H groups in total. The summed E-state index contributed by atoms with van der Waals surface area (Å²) in [5.74, 6) is -2.64. The molecule has 1 rings (SSSR count). The Kier molecular flexibility index (Phi) is 4.08. The van der Waals surface area contributed by atoms with Gasteiger partial charge >= 0.3 is 11.9 Å². The second-order valence-corrected chi connectivity index (χ2v) is 4.02. The topological polar surface area (TPSA) is 110 Å². The van der Waals surface area contributed by atoms with E-state index in [0.717, 1.165) is 7.11 Å². The van der Waals surface area contributed by atoms with Crippen molar-refractivity contribution in [3.05, 3.63) is 27.7 Å². The predicted molar refractivity (Wildman–Crippen MR) is 61.7 cm³/mol. The zero-order chi connectivity index (χ0) is 13.2. The molecule has 0 aliphatic heterocycles. The maximum absolute atomic E-state index is 11.3. The van der Waals surface area contributed by atoms with Gasteiger partial charge < -0.3 is 20.7 Å². The molecule has 0 aliphatic carbocycles. The summed E-state index contributed by atoms with van der Waals surface area (Å²) in [6, 6.07) is 1.34. The standard InChI is InChI=1S/C10H10BrNO5/c1-17-10(16)7(12)6-5(11)3-2-4(8(6)13)9(14)15/h2-3,7,13H,12H2,1H3,(H,14,15)/t7-/m0/s1. The molecule has 0 saturated heterocycles. The van der Waals surface area contributed by atoms with Crippen molar-refractivity contribution in [2.24, 2.45) is 5.73 Å². The van der Waals surface area contributed by atoms with Gasteiger partial charge in [-0.05, 0) is 12.1 Å². The molecule has 1 atom stereocenters. The number of ether oxygens (including phenoxy) is 1. The number of carboxylic acids is 1. The fraction of sp³-hybridized carbons (Fsp3) is 0.200. The SMILES string of the molecule is COC(=O)[C@@H](N)c1c(Br)ccc(C(=O)O)c1O. The van der Waals surface area contributed by atoms with Gasteiger partial charge in [0.05, 0.1) is 7.11 Å². The van der Waals surface area contributed by atoms with Crippen LogP contribution in [-0.4, -0.2) is 29.3 Å². The van der Waals surface area contributed by atoms with Crippen molar-refractivity contribution < 1.29 is 24.5 Å². The quantitative estimate of drug-likeness (QED) is 0.719. The highest BCUT2D eigenvalue weighted by molar-refractivity contribution is 9.10. The third-order valence-electron chi connectivity index (χ3n) is 2.16.